The van der Waals surface area contributed by atoms with Crippen molar-refractivity contribution in [1.29, 1.82) is 0 Å². The molecular formula is C21H26N2O6S. The zero-order valence-electron chi connectivity index (χ0n) is 16.8. The Morgan fingerprint density at radius 3 is 2.53 bits per heavy atom. The highest BCUT2D eigenvalue weighted by Crippen LogP contribution is 2.28. The highest BCUT2D eigenvalue weighted by Gasteiger charge is 2.29. The van der Waals surface area contributed by atoms with Gasteiger partial charge in [0.1, 0.15) is 17.3 Å². The minimum atomic E-state index is -4.12. The Balaban J connectivity index is 2.18. The van der Waals surface area contributed by atoms with Crippen LogP contribution in [-0.2, 0) is 21.4 Å². The molecule has 30 heavy (non-hydrogen) atoms. The van der Waals surface area contributed by atoms with Crippen LogP contribution in [0.5, 0.6) is 5.75 Å². The number of aldehydes is 1. The number of pyridine rings is 1. The van der Waals surface area contributed by atoms with Crippen LogP contribution < -0.4 is 9.46 Å². The Hall–Kier alpha value is -2.78. The molecule has 0 bridgehead atoms. The van der Waals surface area contributed by atoms with Gasteiger partial charge in [0.2, 0.25) is 10.0 Å². The van der Waals surface area contributed by atoms with Crippen LogP contribution in [0.4, 0.5) is 0 Å². The second kappa shape index (κ2) is 11.4. The topological polar surface area (TPSA) is 123 Å². The zero-order chi connectivity index (χ0) is 22.0. The van der Waals surface area contributed by atoms with Crippen molar-refractivity contribution in [2.24, 2.45) is 0 Å². The average molecular weight is 435 g/mol. The number of carbonyl (C=O) groups is 2. The SMILES string of the molecule is CCCCOc1ccc(C(CCC=O)S(=O)(=O)NC(=O)c2ccc(CO)nc2)cc1. The normalized spacial score (nSPS) is 12.2. The number of nitrogens with zero attached hydrogens (tertiary/aromatic N) is 1. The molecule has 1 heterocycles. The predicted molar refractivity (Wildman–Crippen MR) is 111 cm³/mol. The summed E-state index contributed by atoms with van der Waals surface area (Å²) in [6.07, 6.45) is 3.81. The predicted octanol–water partition coefficient (Wildman–Crippen LogP) is 2.53. The van der Waals surface area contributed by atoms with Crippen molar-refractivity contribution in [3.8, 4) is 5.75 Å². The molecule has 0 fully saturated rings. The summed E-state index contributed by atoms with van der Waals surface area (Å²) < 4.78 is 33.4. The first-order valence-electron chi connectivity index (χ1n) is 9.69. The molecule has 162 valence electrons. The molecule has 0 aliphatic heterocycles. The number of carbonyl (C=O) groups excluding carboxylic acids is 2. The number of unbranched alkanes of at least 4 members (excludes halogenated alkanes) is 1. The number of aromatic nitrogens is 1. The van der Waals surface area contributed by atoms with E-state index < -0.39 is 21.2 Å². The largest absolute Gasteiger partial charge is 0.494 e. The van der Waals surface area contributed by atoms with E-state index >= 15 is 0 Å². The minimum absolute atomic E-state index is 0.0290. The van der Waals surface area contributed by atoms with Gasteiger partial charge in [0.15, 0.2) is 0 Å². The quantitative estimate of drug-likeness (QED) is 0.389. The van der Waals surface area contributed by atoms with Crippen LogP contribution in [0.3, 0.4) is 0 Å². The molecule has 2 N–H and O–H groups in total. The zero-order valence-corrected chi connectivity index (χ0v) is 17.6. The van der Waals surface area contributed by atoms with Crippen LogP contribution in [0.2, 0.25) is 0 Å². The fourth-order valence-corrected chi connectivity index (χ4v) is 4.23. The van der Waals surface area contributed by atoms with E-state index in [9.17, 15) is 18.0 Å². The number of nitrogens with one attached hydrogen (secondary N) is 1. The first-order valence-corrected chi connectivity index (χ1v) is 11.2. The van der Waals surface area contributed by atoms with Gasteiger partial charge < -0.3 is 14.6 Å². The summed E-state index contributed by atoms with van der Waals surface area (Å²) in [6, 6.07) is 9.41. The van der Waals surface area contributed by atoms with E-state index in [1.54, 1.807) is 24.3 Å². The molecule has 9 heteroatoms. The Bertz CT molecular complexity index is 927. The number of ether oxygens (including phenoxy) is 1. The Kier molecular flexibility index (Phi) is 8.94. The van der Waals surface area contributed by atoms with Gasteiger partial charge in [-0.25, -0.2) is 13.1 Å². The molecule has 8 nitrogen and oxygen atoms in total. The second-order valence-corrected chi connectivity index (χ2v) is 8.54. The van der Waals surface area contributed by atoms with Crippen LogP contribution in [0, 0.1) is 0 Å². The van der Waals surface area contributed by atoms with Gasteiger partial charge in [0, 0.05) is 12.6 Å². The fraction of sp³-hybridized carbons (Fsp3) is 0.381. The number of benzene rings is 1. The third kappa shape index (κ3) is 6.64. The molecule has 0 aliphatic rings. The summed E-state index contributed by atoms with van der Waals surface area (Å²) in [5.74, 6) is -0.208. The average Bonchev–Trinajstić information content (AvgIpc) is 2.74. The van der Waals surface area contributed by atoms with Crippen LogP contribution >= 0.6 is 0 Å². The highest BCUT2D eigenvalue weighted by molar-refractivity contribution is 7.90. The molecule has 1 unspecified atom stereocenters. The van der Waals surface area contributed by atoms with Crippen LogP contribution in [0.25, 0.3) is 0 Å². The van der Waals surface area contributed by atoms with Crippen molar-refractivity contribution in [3.63, 3.8) is 0 Å². The summed E-state index contributed by atoms with van der Waals surface area (Å²) in [4.78, 5) is 27.1. The lowest BCUT2D eigenvalue weighted by Gasteiger charge is -2.18. The number of hydrogen-bond acceptors (Lipinski definition) is 7. The molecule has 2 aromatic rings. The maximum Gasteiger partial charge on any atom is 0.266 e. The summed E-state index contributed by atoms with van der Waals surface area (Å²) in [5, 5.41) is 7.94. The number of amides is 1. The molecule has 0 radical (unpaired) electrons. The number of rotatable bonds is 12. The van der Waals surface area contributed by atoms with E-state index in [4.69, 9.17) is 9.84 Å². The minimum Gasteiger partial charge on any atom is -0.494 e. The van der Waals surface area contributed by atoms with Gasteiger partial charge in [-0.3, -0.25) is 9.78 Å². The molecule has 1 amide bonds. The van der Waals surface area contributed by atoms with Crippen molar-refractivity contribution in [2.75, 3.05) is 6.61 Å². The molecular weight excluding hydrogens is 408 g/mol. The maximum absolute atomic E-state index is 12.9. The monoisotopic (exact) mass is 434 g/mol. The smallest absolute Gasteiger partial charge is 0.266 e. The van der Waals surface area contributed by atoms with Crippen molar-refractivity contribution in [1.82, 2.24) is 9.71 Å². The van der Waals surface area contributed by atoms with Crippen molar-refractivity contribution >= 4 is 22.2 Å². The number of aliphatic hydroxyl groups is 1. The Morgan fingerprint density at radius 2 is 1.97 bits per heavy atom. The van der Waals surface area contributed by atoms with E-state index in [2.05, 4.69) is 16.6 Å². The molecule has 0 saturated heterocycles. The molecule has 2 rings (SSSR count). The van der Waals surface area contributed by atoms with Crippen LogP contribution in [-0.4, -0.2) is 37.3 Å². The van der Waals surface area contributed by atoms with Gasteiger partial charge in [-0.1, -0.05) is 25.5 Å². The molecule has 1 aromatic heterocycles. The molecule has 0 aliphatic carbocycles. The third-order valence-electron chi connectivity index (χ3n) is 4.42. The van der Waals surface area contributed by atoms with E-state index in [0.717, 1.165) is 12.8 Å². The fourth-order valence-electron chi connectivity index (χ4n) is 2.75. The molecule has 1 atom stereocenters. The lowest BCUT2D eigenvalue weighted by atomic mass is 10.1. The molecule has 0 saturated carbocycles. The second-order valence-electron chi connectivity index (χ2n) is 6.68. The van der Waals surface area contributed by atoms with Gasteiger partial charge in [-0.05, 0) is 42.7 Å². The van der Waals surface area contributed by atoms with E-state index in [0.29, 0.717) is 29.9 Å². The first-order chi connectivity index (χ1) is 14.4. The Morgan fingerprint density at radius 1 is 1.23 bits per heavy atom. The molecule has 0 spiro atoms. The highest BCUT2D eigenvalue weighted by atomic mass is 32.2. The summed E-state index contributed by atoms with van der Waals surface area (Å²) in [7, 11) is -4.12. The standard InChI is InChI=1S/C21H26N2O6S/c1-2-3-13-29-19-10-7-16(8-11-19)20(5-4-12-24)30(27,28)23-21(26)17-6-9-18(15-25)22-14-17/h6-12,14,20,25H,2-5,13,15H2,1H3,(H,23,26). The first kappa shape index (κ1) is 23.5. The van der Waals surface area contributed by atoms with Crippen LogP contribution in [0.15, 0.2) is 42.6 Å². The third-order valence-corrected chi connectivity index (χ3v) is 6.15. The van der Waals surface area contributed by atoms with E-state index in [-0.39, 0.29) is 25.0 Å². The Labute approximate surface area is 176 Å². The van der Waals surface area contributed by atoms with Gasteiger partial charge in [-0.15, -0.1) is 0 Å². The van der Waals surface area contributed by atoms with Crippen molar-refractivity contribution in [2.45, 2.75) is 44.5 Å². The van der Waals surface area contributed by atoms with E-state index in [1.165, 1.54) is 18.3 Å². The number of sulfonamides is 1. The van der Waals surface area contributed by atoms with Crippen molar-refractivity contribution < 1.29 is 27.9 Å². The van der Waals surface area contributed by atoms with Gasteiger partial charge in [0.25, 0.3) is 5.91 Å². The lowest BCUT2D eigenvalue weighted by Crippen LogP contribution is -2.34. The van der Waals surface area contributed by atoms with Gasteiger partial charge in [0.05, 0.1) is 24.5 Å². The van der Waals surface area contributed by atoms with E-state index in [1.807, 2.05) is 0 Å². The summed E-state index contributed by atoms with van der Waals surface area (Å²) in [6.45, 7) is 2.34. The molecule has 1 aromatic carbocycles. The number of hydrogen-bond donors (Lipinski definition) is 2. The maximum atomic E-state index is 12.9. The van der Waals surface area contributed by atoms with Gasteiger partial charge in [-0.2, -0.15) is 0 Å². The van der Waals surface area contributed by atoms with Crippen molar-refractivity contribution in [3.05, 3.63) is 59.4 Å². The van der Waals surface area contributed by atoms with Crippen LogP contribution in [0.1, 0.15) is 59.5 Å². The van der Waals surface area contributed by atoms with Gasteiger partial charge >= 0.3 is 0 Å². The number of aliphatic hydroxyl groups excluding tert-OH is 1. The lowest BCUT2D eigenvalue weighted by molar-refractivity contribution is -0.107. The summed E-state index contributed by atoms with van der Waals surface area (Å²) >= 11 is 0. The summed E-state index contributed by atoms with van der Waals surface area (Å²) in [5.41, 5.74) is 0.859.